The Kier molecular flexibility index (Phi) is 3.44. The number of fused-ring (bicyclic) bond motifs is 1. The van der Waals surface area contributed by atoms with Crippen molar-refractivity contribution in [2.45, 2.75) is 6.54 Å². The van der Waals surface area contributed by atoms with Gasteiger partial charge in [-0.3, -0.25) is 4.79 Å². The van der Waals surface area contributed by atoms with Gasteiger partial charge in [0.25, 0.3) is 5.91 Å². The first-order chi connectivity index (χ1) is 11.3. The summed E-state index contributed by atoms with van der Waals surface area (Å²) in [6, 6.07) is 15.7. The molecule has 5 nitrogen and oxygen atoms in total. The summed E-state index contributed by atoms with van der Waals surface area (Å²) in [5.41, 5.74) is 1.49. The van der Waals surface area contributed by atoms with Crippen LogP contribution in [0.25, 0.3) is 11.3 Å². The molecule has 0 aliphatic rings. The second-order valence-electron chi connectivity index (χ2n) is 5.09. The molecule has 0 unspecified atom stereocenters. The van der Waals surface area contributed by atoms with Crippen molar-refractivity contribution < 1.29 is 4.79 Å². The van der Waals surface area contributed by atoms with Gasteiger partial charge in [0.15, 0.2) is 5.69 Å². The van der Waals surface area contributed by atoms with E-state index in [1.54, 1.807) is 28.3 Å². The maximum Gasteiger partial charge on any atom is 0.272 e. The van der Waals surface area contributed by atoms with Gasteiger partial charge >= 0.3 is 0 Å². The Morgan fingerprint density at radius 1 is 1.09 bits per heavy atom. The maximum absolute atomic E-state index is 12.2. The second kappa shape index (κ2) is 5.73. The predicted octanol–water partition coefficient (Wildman–Crippen LogP) is 3.12. The van der Waals surface area contributed by atoms with Crippen LogP contribution in [0.4, 0.5) is 0 Å². The Bertz CT molecular complexity index is 952. The summed E-state index contributed by atoms with van der Waals surface area (Å²) >= 11 is 1.62. The smallest absolute Gasteiger partial charge is 0.272 e. The molecule has 0 radical (unpaired) electrons. The van der Waals surface area contributed by atoms with Crippen molar-refractivity contribution in [1.29, 1.82) is 0 Å². The maximum atomic E-state index is 12.2. The molecule has 0 aliphatic carbocycles. The molecule has 6 heteroatoms. The van der Waals surface area contributed by atoms with Crippen LogP contribution in [0.3, 0.4) is 0 Å². The molecule has 0 aliphatic heterocycles. The normalized spacial score (nSPS) is 11.0. The highest BCUT2D eigenvalue weighted by Crippen LogP contribution is 2.14. The fourth-order valence-electron chi connectivity index (χ4n) is 2.47. The third-order valence-electron chi connectivity index (χ3n) is 3.60. The summed E-state index contributed by atoms with van der Waals surface area (Å²) in [7, 11) is 0. The lowest BCUT2D eigenvalue weighted by atomic mass is 10.4. The van der Waals surface area contributed by atoms with E-state index < -0.39 is 0 Å². The monoisotopic (exact) mass is 322 g/mol. The summed E-state index contributed by atoms with van der Waals surface area (Å²) < 4.78 is 3.74. The van der Waals surface area contributed by atoms with Gasteiger partial charge in [-0.25, -0.2) is 4.68 Å². The van der Waals surface area contributed by atoms with Gasteiger partial charge in [-0.15, -0.1) is 11.3 Å². The molecule has 1 N–H and O–H groups in total. The van der Waals surface area contributed by atoms with Crippen molar-refractivity contribution in [2.24, 2.45) is 0 Å². The number of rotatable bonds is 4. The van der Waals surface area contributed by atoms with Gasteiger partial charge in [0, 0.05) is 22.8 Å². The van der Waals surface area contributed by atoms with Gasteiger partial charge in [-0.05, 0) is 41.8 Å². The molecule has 23 heavy (non-hydrogen) atoms. The van der Waals surface area contributed by atoms with Gasteiger partial charge in [-0.1, -0.05) is 12.1 Å². The number of nitrogens with zero attached hydrogens (tertiary/aromatic N) is 3. The number of hydrogen-bond acceptors (Lipinski definition) is 3. The van der Waals surface area contributed by atoms with Crippen molar-refractivity contribution in [1.82, 2.24) is 19.5 Å². The van der Waals surface area contributed by atoms with Crippen LogP contribution in [0.1, 0.15) is 15.4 Å². The fourth-order valence-corrected chi connectivity index (χ4v) is 3.12. The van der Waals surface area contributed by atoms with Gasteiger partial charge in [0.05, 0.1) is 6.54 Å². The Labute approximate surface area is 136 Å². The van der Waals surface area contributed by atoms with Gasteiger partial charge in [0.1, 0.15) is 5.82 Å². The molecule has 0 saturated carbocycles. The molecule has 0 fully saturated rings. The van der Waals surface area contributed by atoms with Crippen LogP contribution in [0, 0.1) is 0 Å². The third-order valence-corrected chi connectivity index (χ3v) is 4.48. The SMILES string of the molecule is O=C(NCc1cccs1)c1ccn(-c2ccc3ccccn23)n1. The zero-order valence-corrected chi connectivity index (χ0v) is 13.0. The number of amides is 1. The average molecular weight is 322 g/mol. The van der Waals surface area contributed by atoms with Crippen LogP contribution in [-0.4, -0.2) is 20.1 Å². The molecule has 4 aromatic heterocycles. The zero-order valence-electron chi connectivity index (χ0n) is 12.2. The molecule has 1 amide bonds. The molecular weight excluding hydrogens is 308 g/mol. The van der Waals surface area contributed by atoms with Crippen LogP contribution >= 0.6 is 11.3 Å². The van der Waals surface area contributed by atoms with E-state index >= 15 is 0 Å². The number of hydrogen-bond donors (Lipinski definition) is 1. The quantitative estimate of drug-likeness (QED) is 0.627. The Hall–Kier alpha value is -2.86. The van der Waals surface area contributed by atoms with Crippen LogP contribution in [0.15, 0.2) is 66.3 Å². The van der Waals surface area contributed by atoms with E-state index in [1.807, 2.05) is 58.4 Å². The minimum Gasteiger partial charge on any atom is -0.346 e. The number of nitrogens with one attached hydrogen (secondary N) is 1. The van der Waals surface area contributed by atoms with E-state index in [-0.39, 0.29) is 5.91 Å². The molecule has 4 aromatic rings. The Balaban J connectivity index is 1.55. The van der Waals surface area contributed by atoms with Crippen LogP contribution in [-0.2, 0) is 6.54 Å². The molecule has 0 aromatic carbocycles. The van der Waals surface area contributed by atoms with Gasteiger partial charge < -0.3 is 9.72 Å². The standard InChI is InChI=1S/C17H14N4OS/c22-17(18-12-14-5-3-11-23-14)15-8-10-21(19-15)16-7-6-13-4-1-2-9-20(13)16/h1-11H,12H2,(H,18,22). The highest BCUT2D eigenvalue weighted by Gasteiger charge is 2.11. The number of carbonyl (C=O) groups excluding carboxylic acids is 1. The summed E-state index contributed by atoms with van der Waals surface area (Å²) in [6.45, 7) is 0.525. The van der Waals surface area contributed by atoms with Gasteiger partial charge in [-0.2, -0.15) is 5.10 Å². The van der Waals surface area contributed by atoms with E-state index in [1.165, 1.54) is 0 Å². The van der Waals surface area contributed by atoms with Crippen molar-refractivity contribution in [3.05, 3.63) is 76.9 Å². The molecule has 0 saturated heterocycles. The first-order valence-corrected chi connectivity index (χ1v) is 8.12. The Morgan fingerprint density at radius 3 is 2.91 bits per heavy atom. The lowest BCUT2D eigenvalue weighted by Crippen LogP contribution is -2.23. The van der Waals surface area contributed by atoms with E-state index in [9.17, 15) is 4.79 Å². The number of carbonyl (C=O) groups is 1. The van der Waals surface area contributed by atoms with E-state index in [0.717, 1.165) is 16.2 Å². The third kappa shape index (κ3) is 2.64. The minimum absolute atomic E-state index is 0.169. The Morgan fingerprint density at radius 2 is 2.04 bits per heavy atom. The number of aromatic nitrogens is 3. The van der Waals surface area contributed by atoms with E-state index in [0.29, 0.717) is 12.2 Å². The summed E-state index contributed by atoms with van der Waals surface area (Å²) in [5.74, 6) is 0.732. The number of thiophene rings is 1. The minimum atomic E-state index is -0.169. The van der Waals surface area contributed by atoms with Crippen molar-refractivity contribution in [2.75, 3.05) is 0 Å². The average Bonchev–Trinajstić information content (AvgIpc) is 3.31. The first kappa shape index (κ1) is 13.8. The lowest BCUT2D eigenvalue weighted by molar-refractivity contribution is 0.0946. The highest BCUT2D eigenvalue weighted by molar-refractivity contribution is 7.09. The van der Waals surface area contributed by atoms with Crippen LogP contribution < -0.4 is 5.32 Å². The molecule has 0 atom stereocenters. The van der Waals surface area contributed by atoms with E-state index in [4.69, 9.17) is 0 Å². The first-order valence-electron chi connectivity index (χ1n) is 7.24. The molecule has 0 spiro atoms. The zero-order chi connectivity index (χ0) is 15.6. The molecule has 114 valence electrons. The summed E-state index contributed by atoms with van der Waals surface area (Å²) in [4.78, 5) is 13.3. The van der Waals surface area contributed by atoms with Crippen molar-refractivity contribution in [3.8, 4) is 5.82 Å². The fraction of sp³-hybridized carbons (Fsp3) is 0.0588. The topological polar surface area (TPSA) is 51.3 Å². The molecule has 4 rings (SSSR count). The number of pyridine rings is 1. The largest absolute Gasteiger partial charge is 0.346 e. The molecule has 4 heterocycles. The van der Waals surface area contributed by atoms with Crippen molar-refractivity contribution in [3.63, 3.8) is 0 Å². The molecular formula is C17H14N4OS. The van der Waals surface area contributed by atoms with Crippen molar-refractivity contribution >= 4 is 22.8 Å². The summed E-state index contributed by atoms with van der Waals surface area (Å²) in [6.07, 6.45) is 3.78. The van der Waals surface area contributed by atoms with Crippen LogP contribution in [0.5, 0.6) is 0 Å². The van der Waals surface area contributed by atoms with E-state index in [2.05, 4.69) is 10.4 Å². The van der Waals surface area contributed by atoms with Gasteiger partial charge in [0.2, 0.25) is 0 Å². The highest BCUT2D eigenvalue weighted by atomic mass is 32.1. The summed E-state index contributed by atoms with van der Waals surface area (Å²) in [5, 5.41) is 9.27. The lowest BCUT2D eigenvalue weighted by Gasteiger charge is -2.03. The van der Waals surface area contributed by atoms with Crippen LogP contribution in [0.2, 0.25) is 0 Å². The predicted molar refractivity (Wildman–Crippen MR) is 90.0 cm³/mol. The molecule has 0 bridgehead atoms. The second-order valence-corrected chi connectivity index (χ2v) is 6.13.